The Hall–Kier alpha value is -1.96. The lowest BCUT2D eigenvalue weighted by Gasteiger charge is -2.24. The van der Waals surface area contributed by atoms with E-state index in [1.807, 2.05) is 25.1 Å². The summed E-state index contributed by atoms with van der Waals surface area (Å²) in [5, 5.41) is 0. The summed E-state index contributed by atoms with van der Waals surface area (Å²) in [6.07, 6.45) is 1.98. The van der Waals surface area contributed by atoms with Gasteiger partial charge in [0.1, 0.15) is 17.2 Å². The van der Waals surface area contributed by atoms with Gasteiger partial charge in [0.05, 0.1) is 7.11 Å². The highest BCUT2D eigenvalue weighted by Gasteiger charge is 2.32. The fourth-order valence-electron chi connectivity index (χ4n) is 2.17. The molecule has 0 bridgehead atoms. The second-order valence-corrected chi connectivity index (χ2v) is 7.12. The number of benzene rings is 2. The average molecular weight is 437 g/mol. The van der Waals surface area contributed by atoms with Gasteiger partial charge in [-0.25, -0.2) is 4.79 Å². The molecule has 0 spiro atoms. The van der Waals surface area contributed by atoms with E-state index in [-0.39, 0.29) is 0 Å². The smallest absolute Gasteiger partial charge is 0.355 e. The van der Waals surface area contributed by atoms with E-state index < -0.39 is 11.6 Å². The first-order chi connectivity index (χ1) is 13.4. The van der Waals surface area contributed by atoms with Crippen LogP contribution in [-0.4, -0.2) is 24.6 Å². The first-order valence-electron chi connectivity index (χ1n) is 8.32. The Morgan fingerprint density at radius 3 is 2.00 bits per heavy atom. The van der Waals surface area contributed by atoms with Crippen LogP contribution in [0.4, 0.5) is 0 Å². The Bertz CT molecular complexity index is 784. The molecule has 0 aliphatic heterocycles. The SMILES string of the molecule is C=S.CC=C(SS)c1ccc(OC(=O)C(C)(C)Oc2ccc(OC)cc2)cc1. The van der Waals surface area contributed by atoms with Gasteiger partial charge in [-0.3, -0.25) is 0 Å². The molecule has 0 aromatic heterocycles. The topological polar surface area (TPSA) is 44.8 Å². The summed E-state index contributed by atoms with van der Waals surface area (Å²) in [6.45, 7) is 5.29. The number of carbonyl (C=O) groups excluding carboxylic acids is 1. The number of thiocarbonyl (C=S) groups is 1. The van der Waals surface area contributed by atoms with Crippen LogP contribution < -0.4 is 14.2 Å². The van der Waals surface area contributed by atoms with Crippen molar-refractivity contribution < 1.29 is 19.0 Å². The molecule has 150 valence electrons. The van der Waals surface area contributed by atoms with Crippen molar-refractivity contribution in [2.24, 2.45) is 0 Å². The molecule has 0 atom stereocenters. The third-order valence-electron chi connectivity index (χ3n) is 3.63. The van der Waals surface area contributed by atoms with Gasteiger partial charge in [-0.2, -0.15) is 0 Å². The Labute approximate surface area is 181 Å². The molecule has 28 heavy (non-hydrogen) atoms. The molecule has 2 aromatic rings. The average Bonchev–Trinajstić information content (AvgIpc) is 2.72. The molecule has 0 aliphatic rings. The van der Waals surface area contributed by atoms with Crippen LogP contribution >= 0.6 is 34.7 Å². The zero-order chi connectivity index (χ0) is 21.2. The summed E-state index contributed by atoms with van der Waals surface area (Å²) in [5.41, 5.74) is -0.121. The lowest BCUT2D eigenvalue weighted by Crippen LogP contribution is -2.41. The monoisotopic (exact) mass is 436 g/mol. The molecule has 2 aromatic carbocycles. The van der Waals surface area contributed by atoms with Crippen molar-refractivity contribution in [1.82, 2.24) is 0 Å². The zero-order valence-corrected chi connectivity index (χ0v) is 18.8. The van der Waals surface area contributed by atoms with Crippen LogP contribution in [0.5, 0.6) is 17.2 Å². The second kappa shape index (κ2) is 11.8. The maximum atomic E-state index is 12.5. The minimum atomic E-state index is -1.14. The molecule has 0 fully saturated rings. The maximum Gasteiger partial charge on any atom is 0.355 e. The van der Waals surface area contributed by atoms with Gasteiger partial charge in [0.15, 0.2) is 0 Å². The minimum absolute atomic E-state index is 0.463. The van der Waals surface area contributed by atoms with Crippen molar-refractivity contribution in [3.8, 4) is 17.2 Å². The van der Waals surface area contributed by atoms with Crippen molar-refractivity contribution in [3.05, 3.63) is 60.2 Å². The van der Waals surface area contributed by atoms with Crippen LogP contribution in [0, 0.1) is 0 Å². The Kier molecular flexibility index (Phi) is 10.1. The normalized spacial score (nSPS) is 11.1. The quantitative estimate of drug-likeness (QED) is 0.188. The highest BCUT2D eigenvalue weighted by Crippen LogP contribution is 2.31. The fourth-order valence-corrected chi connectivity index (χ4v) is 3.15. The largest absolute Gasteiger partial charge is 0.497 e. The molecule has 0 radical (unpaired) electrons. The number of rotatable bonds is 7. The summed E-state index contributed by atoms with van der Waals surface area (Å²) >= 11 is 8.06. The Balaban J connectivity index is 0.00000190. The zero-order valence-electron chi connectivity index (χ0n) is 16.3. The van der Waals surface area contributed by atoms with E-state index in [9.17, 15) is 4.79 Å². The van der Waals surface area contributed by atoms with Crippen molar-refractivity contribution >= 4 is 51.4 Å². The van der Waals surface area contributed by atoms with E-state index in [0.29, 0.717) is 11.5 Å². The number of carbonyl (C=O) groups is 1. The standard InChI is InChI=1S/C20H22O4S2.CH2S/c1-5-18(26-25)14-6-8-16(9-7-14)23-19(21)20(2,3)24-17-12-10-15(22-4)11-13-17;1-2/h5-13,25H,1-4H3;1H2. The summed E-state index contributed by atoms with van der Waals surface area (Å²) < 4.78 is 16.4. The molecule has 0 N–H and O–H groups in total. The predicted molar refractivity (Wildman–Crippen MR) is 125 cm³/mol. The van der Waals surface area contributed by atoms with Gasteiger partial charge < -0.3 is 14.2 Å². The van der Waals surface area contributed by atoms with Gasteiger partial charge in [0, 0.05) is 4.91 Å². The molecule has 4 nitrogen and oxygen atoms in total. The molecule has 0 amide bonds. The van der Waals surface area contributed by atoms with Gasteiger partial charge in [-0.15, -0.1) is 11.7 Å². The number of allylic oxidation sites excluding steroid dienone is 1. The predicted octanol–water partition coefficient (Wildman–Crippen LogP) is 6.01. The highest BCUT2D eigenvalue weighted by atomic mass is 33.1. The number of hydrogen-bond donors (Lipinski definition) is 1. The Morgan fingerprint density at radius 1 is 1.04 bits per heavy atom. The van der Waals surface area contributed by atoms with Gasteiger partial charge in [-0.1, -0.05) is 41.2 Å². The van der Waals surface area contributed by atoms with Gasteiger partial charge in [0.2, 0.25) is 5.60 Å². The van der Waals surface area contributed by atoms with E-state index in [1.54, 1.807) is 57.4 Å². The molecule has 0 saturated heterocycles. The minimum Gasteiger partial charge on any atom is -0.497 e. The number of hydrogen-bond acceptors (Lipinski definition) is 7. The van der Waals surface area contributed by atoms with Crippen molar-refractivity contribution in [3.63, 3.8) is 0 Å². The molecule has 2 rings (SSSR count). The first kappa shape index (κ1) is 24.1. The number of ether oxygens (including phenoxy) is 3. The van der Waals surface area contributed by atoms with E-state index in [2.05, 4.69) is 29.7 Å². The summed E-state index contributed by atoms with van der Waals surface area (Å²) in [6, 6.07) is 14.3. The number of esters is 1. The molecular formula is C21H24O4S3. The van der Waals surface area contributed by atoms with E-state index in [0.717, 1.165) is 16.2 Å². The molecule has 0 heterocycles. The van der Waals surface area contributed by atoms with Crippen LogP contribution in [0.1, 0.15) is 26.3 Å². The maximum absolute atomic E-state index is 12.5. The van der Waals surface area contributed by atoms with E-state index >= 15 is 0 Å². The molecule has 0 unspecified atom stereocenters. The van der Waals surface area contributed by atoms with Crippen LogP contribution in [0.15, 0.2) is 54.6 Å². The van der Waals surface area contributed by atoms with Crippen molar-refractivity contribution in [1.29, 1.82) is 0 Å². The summed E-state index contributed by atoms with van der Waals surface area (Å²) in [4.78, 5) is 13.5. The molecule has 7 heteroatoms. The first-order valence-corrected chi connectivity index (χ1v) is 10.8. The van der Waals surface area contributed by atoms with Gasteiger partial charge in [-0.05, 0) is 68.6 Å². The van der Waals surface area contributed by atoms with Crippen LogP contribution in [-0.2, 0) is 4.79 Å². The third-order valence-corrected chi connectivity index (χ3v) is 4.89. The van der Waals surface area contributed by atoms with Crippen molar-refractivity contribution in [2.45, 2.75) is 26.4 Å². The van der Waals surface area contributed by atoms with Crippen LogP contribution in [0.25, 0.3) is 4.91 Å². The molecular weight excluding hydrogens is 412 g/mol. The highest BCUT2D eigenvalue weighted by molar-refractivity contribution is 8.72. The lowest BCUT2D eigenvalue weighted by atomic mass is 10.1. The van der Waals surface area contributed by atoms with Crippen molar-refractivity contribution in [2.75, 3.05) is 7.11 Å². The lowest BCUT2D eigenvalue weighted by molar-refractivity contribution is -0.149. The van der Waals surface area contributed by atoms with Crippen LogP contribution in [0.3, 0.4) is 0 Å². The molecule has 0 saturated carbocycles. The Morgan fingerprint density at radius 2 is 1.54 bits per heavy atom. The van der Waals surface area contributed by atoms with E-state index in [1.165, 1.54) is 10.8 Å². The second-order valence-electron chi connectivity index (χ2n) is 5.95. The van der Waals surface area contributed by atoms with Gasteiger partial charge in [0.25, 0.3) is 0 Å². The number of thiol groups is 1. The molecule has 0 aliphatic carbocycles. The summed E-state index contributed by atoms with van der Waals surface area (Å²) in [7, 11) is 2.96. The third kappa shape index (κ3) is 6.89. The fraction of sp³-hybridized carbons (Fsp3) is 0.238. The van der Waals surface area contributed by atoms with Gasteiger partial charge >= 0.3 is 5.97 Å². The van der Waals surface area contributed by atoms with E-state index in [4.69, 9.17) is 14.2 Å². The van der Waals surface area contributed by atoms with Crippen LogP contribution in [0.2, 0.25) is 0 Å². The number of methoxy groups -OCH3 is 1. The summed E-state index contributed by atoms with van der Waals surface area (Å²) in [5.74, 6) is 4.10.